The maximum atomic E-state index is 12.2. The summed E-state index contributed by atoms with van der Waals surface area (Å²) in [6, 6.07) is 11.4. The van der Waals surface area contributed by atoms with Crippen LogP contribution in [0.4, 0.5) is 11.4 Å². The first-order chi connectivity index (χ1) is 9.61. The second-order valence-corrected chi connectivity index (χ2v) is 4.15. The third-order valence-electron chi connectivity index (χ3n) is 2.71. The molecule has 0 aliphatic heterocycles. The van der Waals surface area contributed by atoms with E-state index in [4.69, 9.17) is 10.5 Å². The summed E-state index contributed by atoms with van der Waals surface area (Å²) in [6.07, 6.45) is 0. The van der Waals surface area contributed by atoms with Crippen LogP contribution in [0.2, 0.25) is 0 Å². The molecule has 2 rings (SSSR count). The number of carbonyl (C=O) groups excluding carboxylic acids is 1. The van der Waals surface area contributed by atoms with Crippen LogP contribution in [0, 0.1) is 0 Å². The Morgan fingerprint density at radius 2 is 2.05 bits per heavy atom. The molecule has 0 atom stereocenters. The molecule has 0 saturated heterocycles. The minimum atomic E-state index is -0.313. The molecule has 0 fully saturated rings. The highest BCUT2D eigenvalue weighted by molar-refractivity contribution is 6.07. The van der Waals surface area contributed by atoms with Gasteiger partial charge in [0, 0.05) is 6.07 Å². The lowest BCUT2D eigenvalue weighted by Crippen LogP contribution is -2.14. The molecular formula is C15H16N2O3. The van der Waals surface area contributed by atoms with Gasteiger partial charge < -0.3 is 20.9 Å². The van der Waals surface area contributed by atoms with E-state index in [0.717, 1.165) is 0 Å². The first-order valence-corrected chi connectivity index (χ1v) is 6.23. The number of para-hydroxylation sites is 1. The van der Waals surface area contributed by atoms with E-state index in [0.29, 0.717) is 29.3 Å². The van der Waals surface area contributed by atoms with E-state index in [9.17, 15) is 9.90 Å². The minimum absolute atomic E-state index is 0.0511. The molecule has 0 radical (unpaired) electrons. The molecule has 0 spiro atoms. The van der Waals surface area contributed by atoms with Gasteiger partial charge in [-0.2, -0.15) is 0 Å². The van der Waals surface area contributed by atoms with Crippen molar-refractivity contribution in [2.45, 2.75) is 6.92 Å². The number of phenolic OH excluding ortho intramolecular Hbond substituents is 1. The van der Waals surface area contributed by atoms with Gasteiger partial charge in [-0.1, -0.05) is 12.1 Å². The van der Waals surface area contributed by atoms with Crippen LogP contribution in [0.3, 0.4) is 0 Å². The Bertz CT molecular complexity index is 626. The van der Waals surface area contributed by atoms with Gasteiger partial charge in [0.25, 0.3) is 5.91 Å². The summed E-state index contributed by atoms with van der Waals surface area (Å²) in [6.45, 7) is 2.33. The first kappa shape index (κ1) is 13.7. The molecule has 0 bridgehead atoms. The van der Waals surface area contributed by atoms with Gasteiger partial charge in [-0.25, -0.2) is 0 Å². The van der Waals surface area contributed by atoms with E-state index in [1.165, 1.54) is 12.1 Å². The van der Waals surface area contributed by atoms with Crippen molar-refractivity contribution in [2.24, 2.45) is 0 Å². The third kappa shape index (κ3) is 3.00. The lowest BCUT2D eigenvalue weighted by Gasteiger charge is -2.11. The number of ether oxygens (including phenoxy) is 1. The Balaban J connectivity index is 2.24. The number of amides is 1. The summed E-state index contributed by atoms with van der Waals surface area (Å²) in [5, 5.41) is 12.0. The number of hydrogen-bond donors (Lipinski definition) is 3. The smallest absolute Gasteiger partial charge is 0.259 e. The van der Waals surface area contributed by atoms with E-state index in [-0.39, 0.29) is 11.7 Å². The molecule has 2 aromatic rings. The highest BCUT2D eigenvalue weighted by Gasteiger charge is 2.13. The van der Waals surface area contributed by atoms with Crippen LogP contribution in [0.1, 0.15) is 17.3 Å². The van der Waals surface area contributed by atoms with Crippen molar-refractivity contribution in [1.29, 1.82) is 0 Å². The molecule has 4 N–H and O–H groups in total. The number of rotatable bonds is 4. The number of anilines is 2. The number of carbonyl (C=O) groups is 1. The Hall–Kier alpha value is -2.69. The maximum Gasteiger partial charge on any atom is 0.259 e. The van der Waals surface area contributed by atoms with Gasteiger partial charge in [-0.05, 0) is 31.2 Å². The predicted molar refractivity (Wildman–Crippen MR) is 78.1 cm³/mol. The van der Waals surface area contributed by atoms with Gasteiger partial charge >= 0.3 is 0 Å². The predicted octanol–water partition coefficient (Wildman–Crippen LogP) is 2.63. The molecule has 0 saturated carbocycles. The van der Waals surface area contributed by atoms with Crippen LogP contribution in [-0.2, 0) is 0 Å². The van der Waals surface area contributed by atoms with Gasteiger partial charge in [0.05, 0.1) is 23.5 Å². The van der Waals surface area contributed by atoms with Crippen molar-refractivity contribution >= 4 is 17.3 Å². The van der Waals surface area contributed by atoms with Crippen LogP contribution in [0.25, 0.3) is 0 Å². The summed E-state index contributed by atoms with van der Waals surface area (Å²) >= 11 is 0. The Morgan fingerprint density at radius 1 is 1.30 bits per heavy atom. The Morgan fingerprint density at radius 3 is 2.75 bits per heavy atom. The number of hydrogen-bond acceptors (Lipinski definition) is 4. The molecular weight excluding hydrogens is 256 g/mol. The molecule has 0 aromatic heterocycles. The van der Waals surface area contributed by atoms with E-state index >= 15 is 0 Å². The molecule has 104 valence electrons. The van der Waals surface area contributed by atoms with Gasteiger partial charge in [0.1, 0.15) is 11.5 Å². The van der Waals surface area contributed by atoms with E-state index in [2.05, 4.69) is 5.32 Å². The molecule has 1 amide bonds. The van der Waals surface area contributed by atoms with Crippen LogP contribution in [0.5, 0.6) is 11.5 Å². The van der Waals surface area contributed by atoms with Crippen molar-refractivity contribution in [3.8, 4) is 11.5 Å². The molecule has 20 heavy (non-hydrogen) atoms. The lowest BCUT2D eigenvalue weighted by molar-refractivity contribution is 0.102. The highest BCUT2D eigenvalue weighted by atomic mass is 16.5. The fourth-order valence-corrected chi connectivity index (χ4v) is 1.79. The zero-order valence-corrected chi connectivity index (χ0v) is 11.1. The van der Waals surface area contributed by atoms with Gasteiger partial charge in [-0.15, -0.1) is 0 Å². The molecule has 2 aromatic carbocycles. The second kappa shape index (κ2) is 5.97. The number of nitrogen functional groups attached to an aromatic ring is 1. The minimum Gasteiger partial charge on any atom is -0.508 e. The van der Waals surface area contributed by atoms with Gasteiger partial charge in [-0.3, -0.25) is 4.79 Å². The Kier molecular flexibility index (Phi) is 4.10. The number of nitrogens with one attached hydrogen (secondary N) is 1. The topological polar surface area (TPSA) is 84.6 Å². The van der Waals surface area contributed by atoms with E-state index < -0.39 is 0 Å². The summed E-state index contributed by atoms with van der Waals surface area (Å²) in [4.78, 5) is 12.2. The molecule has 0 aliphatic carbocycles. The van der Waals surface area contributed by atoms with Gasteiger partial charge in [0.15, 0.2) is 0 Å². The normalized spacial score (nSPS) is 10.1. The molecule has 5 heteroatoms. The molecule has 0 heterocycles. The second-order valence-electron chi connectivity index (χ2n) is 4.15. The fraction of sp³-hybridized carbons (Fsp3) is 0.133. The Labute approximate surface area is 117 Å². The number of nitrogens with two attached hydrogens (primary N) is 1. The fourth-order valence-electron chi connectivity index (χ4n) is 1.79. The van der Waals surface area contributed by atoms with Crippen LogP contribution < -0.4 is 15.8 Å². The van der Waals surface area contributed by atoms with Gasteiger partial charge in [0.2, 0.25) is 0 Å². The van der Waals surface area contributed by atoms with Crippen molar-refractivity contribution in [1.82, 2.24) is 0 Å². The molecule has 5 nitrogen and oxygen atoms in total. The van der Waals surface area contributed by atoms with E-state index in [1.54, 1.807) is 30.3 Å². The maximum absolute atomic E-state index is 12.2. The highest BCUT2D eigenvalue weighted by Crippen LogP contribution is 2.25. The van der Waals surface area contributed by atoms with Crippen molar-refractivity contribution in [3.05, 3.63) is 48.0 Å². The van der Waals surface area contributed by atoms with Crippen LogP contribution in [-0.4, -0.2) is 17.6 Å². The average Bonchev–Trinajstić information content (AvgIpc) is 2.43. The van der Waals surface area contributed by atoms with Crippen molar-refractivity contribution in [2.75, 3.05) is 17.7 Å². The monoisotopic (exact) mass is 272 g/mol. The summed E-state index contributed by atoms with van der Waals surface area (Å²) in [5.74, 6) is 0.256. The largest absolute Gasteiger partial charge is 0.508 e. The van der Waals surface area contributed by atoms with Crippen molar-refractivity contribution in [3.63, 3.8) is 0 Å². The quantitative estimate of drug-likeness (QED) is 0.590. The third-order valence-corrected chi connectivity index (χ3v) is 2.71. The zero-order valence-electron chi connectivity index (χ0n) is 11.1. The molecule has 0 unspecified atom stereocenters. The SMILES string of the molecule is CCOc1ccccc1C(=O)Nc1ccc(O)cc1N. The summed E-state index contributed by atoms with van der Waals surface area (Å²) in [5.41, 5.74) is 6.91. The summed E-state index contributed by atoms with van der Waals surface area (Å²) in [7, 11) is 0. The lowest BCUT2D eigenvalue weighted by atomic mass is 10.1. The van der Waals surface area contributed by atoms with E-state index in [1.807, 2.05) is 6.92 Å². The van der Waals surface area contributed by atoms with Crippen molar-refractivity contribution < 1.29 is 14.6 Å². The first-order valence-electron chi connectivity index (χ1n) is 6.23. The number of benzene rings is 2. The standard InChI is InChI=1S/C15H16N2O3/c1-2-20-14-6-4-3-5-11(14)15(19)17-13-8-7-10(18)9-12(13)16/h3-9,18H,2,16H2,1H3,(H,17,19). The van der Waals surface area contributed by atoms with Crippen LogP contribution >= 0.6 is 0 Å². The number of phenols is 1. The summed E-state index contributed by atoms with van der Waals surface area (Å²) < 4.78 is 5.41. The average molecular weight is 272 g/mol. The number of aromatic hydroxyl groups is 1. The van der Waals surface area contributed by atoms with Crippen LogP contribution in [0.15, 0.2) is 42.5 Å². The zero-order chi connectivity index (χ0) is 14.5. The molecule has 0 aliphatic rings.